The third-order valence-corrected chi connectivity index (χ3v) is 3.57. The second-order valence-electron chi connectivity index (χ2n) is 5.19. The van der Waals surface area contributed by atoms with E-state index in [1.54, 1.807) is 0 Å². The first-order chi connectivity index (χ1) is 8.69. The second kappa shape index (κ2) is 6.10. The lowest BCUT2D eigenvalue weighted by Gasteiger charge is -2.28. The maximum absolute atomic E-state index is 5.94. The molecule has 18 heavy (non-hydrogen) atoms. The van der Waals surface area contributed by atoms with Crippen molar-refractivity contribution in [3.8, 4) is 5.75 Å². The lowest BCUT2D eigenvalue weighted by atomic mass is 9.91. The summed E-state index contributed by atoms with van der Waals surface area (Å²) in [4.78, 5) is 0. The number of hydrogen-bond donors (Lipinski definition) is 2. The van der Waals surface area contributed by atoms with Crippen LogP contribution in [0.5, 0.6) is 5.75 Å². The lowest BCUT2D eigenvalue weighted by Crippen LogP contribution is -2.32. The largest absolute Gasteiger partial charge is 0.492 e. The number of benzene rings is 1. The van der Waals surface area contributed by atoms with Crippen LogP contribution in [0.2, 0.25) is 0 Å². The molecule has 1 aliphatic rings. The molecule has 0 aromatic heterocycles. The highest BCUT2D eigenvalue weighted by molar-refractivity contribution is 5.58. The maximum atomic E-state index is 5.94. The van der Waals surface area contributed by atoms with Gasteiger partial charge in [0.15, 0.2) is 0 Å². The predicted octanol–water partition coefficient (Wildman–Crippen LogP) is 3.08. The van der Waals surface area contributed by atoms with Gasteiger partial charge in [0.2, 0.25) is 0 Å². The molecule has 3 nitrogen and oxygen atoms in total. The van der Waals surface area contributed by atoms with Crippen LogP contribution >= 0.6 is 0 Å². The van der Waals surface area contributed by atoms with Crippen molar-refractivity contribution in [1.82, 2.24) is 0 Å². The molecule has 0 atom stereocenters. The number of rotatable bonds is 4. The molecule has 3 N–H and O–H groups in total. The smallest absolute Gasteiger partial charge is 0.142 e. The van der Waals surface area contributed by atoms with Crippen molar-refractivity contribution in [2.45, 2.75) is 51.6 Å². The van der Waals surface area contributed by atoms with Crippen molar-refractivity contribution in [3.63, 3.8) is 0 Å². The minimum atomic E-state index is 0.396. The Morgan fingerprint density at radius 3 is 2.67 bits per heavy atom. The SMILES string of the molecule is CCOc1cc(C)ccc1NC1CCC(N)CC1. The molecule has 2 rings (SSSR count). The quantitative estimate of drug-likeness (QED) is 0.861. The van der Waals surface area contributed by atoms with E-state index in [0.717, 1.165) is 37.1 Å². The molecule has 0 radical (unpaired) electrons. The van der Waals surface area contributed by atoms with Gasteiger partial charge in [0.1, 0.15) is 5.75 Å². The van der Waals surface area contributed by atoms with Crippen LogP contribution in [0.3, 0.4) is 0 Å². The summed E-state index contributed by atoms with van der Waals surface area (Å²) in [5.41, 5.74) is 8.28. The molecular weight excluding hydrogens is 224 g/mol. The average Bonchev–Trinajstić information content (AvgIpc) is 2.36. The van der Waals surface area contributed by atoms with Gasteiger partial charge in [-0.15, -0.1) is 0 Å². The van der Waals surface area contributed by atoms with Crippen molar-refractivity contribution < 1.29 is 4.74 Å². The van der Waals surface area contributed by atoms with Crippen LogP contribution in [0, 0.1) is 6.92 Å². The first-order valence-electron chi connectivity index (χ1n) is 6.94. The molecular formula is C15H24N2O. The normalized spacial score (nSPS) is 23.7. The Bertz CT molecular complexity index is 384. The highest BCUT2D eigenvalue weighted by Crippen LogP contribution is 2.29. The molecule has 1 fully saturated rings. The molecule has 0 saturated heterocycles. The molecule has 0 spiro atoms. The molecule has 3 heteroatoms. The van der Waals surface area contributed by atoms with E-state index in [4.69, 9.17) is 10.5 Å². The number of nitrogens with two attached hydrogens (primary N) is 1. The first kappa shape index (κ1) is 13.2. The average molecular weight is 248 g/mol. The lowest BCUT2D eigenvalue weighted by molar-refractivity contribution is 0.340. The summed E-state index contributed by atoms with van der Waals surface area (Å²) in [7, 11) is 0. The number of anilines is 1. The number of nitrogens with one attached hydrogen (secondary N) is 1. The van der Waals surface area contributed by atoms with Gasteiger partial charge in [0.05, 0.1) is 12.3 Å². The maximum Gasteiger partial charge on any atom is 0.142 e. The minimum absolute atomic E-state index is 0.396. The third-order valence-electron chi connectivity index (χ3n) is 3.57. The van der Waals surface area contributed by atoms with Crippen molar-refractivity contribution in [3.05, 3.63) is 23.8 Å². The van der Waals surface area contributed by atoms with Crippen molar-refractivity contribution in [2.24, 2.45) is 5.73 Å². The molecule has 1 aliphatic carbocycles. The Morgan fingerprint density at radius 2 is 2.00 bits per heavy atom. The van der Waals surface area contributed by atoms with Crippen LogP contribution in [0.25, 0.3) is 0 Å². The van der Waals surface area contributed by atoms with Crippen molar-refractivity contribution in [2.75, 3.05) is 11.9 Å². The standard InChI is InChI=1S/C15H24N2O/c1-3-18-15-10-11(2)4-9-14(15)17-13-7-5-12(16)6-8-13/h4,9-10,12-13,17H,3,5-8,16H2,1-2H3. The predicted molar refractivity (Wildman–Crippen MR) is 76.2 cm³/mol. The topological polar surface area (TPSA) is 47.3 Å². The highest BCUT2D eigenvalue weighted by atomic mass is 16.5. The van der Waals surface area contributed by atoms with Crippen molar-refractivity contribution in [1.29, 1.82) is 0 Å². The zero-order chi connectivity index (χ0) is 13.0. The van der Waals surface area contributed by atoms with Crippen LogP contribution in [0.15, 0.2) is 18.2 Å². The summed E-state index contributed by atoms with van der Waals surface area (Å²) in [6.07, 6.45) is 4.54. The summed E-state index contributed by atoms with van der Waals surface area (Å²) in [6.45, 7) is 4.81. The van der Waals surface area contributed by atoms with Gasteiger partial charge in [-0.05, 0) is 57.2 Å². The Labute approximate surface area is 110 Å². The fraction of sp³-hybridized carbons (Fsp3) is 0.600. The minimum Gasteiger partial charge on any atom is -0.492 e. The van der Waals surface area contributed by atoms with Crippen LogP contribution in [-0.2, 0) is 0 Å². The monoisotopic (exact) mass is 248 g/mol. The summed E-state index contributed by atoms with van der Waals surface area (Å²) < 4.78 is 5.69. The Kier molecular flexibility index (Phi) is 4.48. The second-order valence-corrected chi connectivity index (χ2v) is 5.19. The fourth-order valence-corrected chi connectivity index (χ4v) is 2.51. The van der Waals surface area contributed by atoms with Gasteiger partial charge in [0.25, 0.3) is 0 Å². The molecule has 0 amide bonds. The van der Waals surface area contributed by atoms with Crippen LogP contribution < -0.4 is 15.8 Å². The van der Waals surface area contributed by atoms with E-state index in [2.05, 4.69) is 30.4 Å². The third kappa shape index (κ3) is 3.39. The van der Waals surface area contributed by atoms with Gasteiger partial charge in [-0.25, -0.2) is 0 Å². The van der Waals surface area contributed by atoms with E-state index in [9.17, 15) is 0 Å². The van der Waals surface area contributed by atoms with Gasteiger partial charge in [-0.3, -0.25) is 0 Å². The van der Waals surface area contributed by atoms with Gasteiger partial charge in [-0.2, -0.15) is 0 Å². The van der Waals surface area contributed by atoms with E-state index in [1.807, 2.05) is 6.92 Å². The molecule has 0 aliphatic heterocycles. The number of aryl methyl sites for hydroxylation is 1. The molecule has 100 valence electrons. The van der Waals surface area contributed by atoms with E-state index >= 15 is 0 Å². The van der Waals surface area contributed by atoms with Crippen LogP contribution in [0.1, 0.15) is 38.2 Å². The van der Waals surface area contributed by atoms with Crippen LogP contribution in [0.4, 0.5) is 5.69 Å². The summed E-state index contributed by atoms with van der Waals surface area (Å²) >= 11 is 0. The number of hydrogen-bond acceptors (Lipinski definition) is 3. The summed E-state index contributed by atoms with van der Waals surface area (Å²) in [5, 5.41) is 3.60. The van der Waals surface area contributed by atoms with E-state index in [1.165, 1.54) is 5.56 Å². The fourth-order valence-electron chi connectivity index (χ4n) is 2.51. The molecule has 0 bridgehead atoms. The molecule has 1 saturated carbocycles. The van der Waals surface area contributed by atoms with Gasteiger partial charge < -0.3 is 15.8 Å². The molecule has 1 aromatic rings. The van der Waals surface area contributed by atoms with Crippen LogP contribution in [-0.4, -0.2) is 18.7 Å². The molecule has 1 aromatic carbocycles. The Balaban J connectivity index is 2.03. The molecule has 0 unspecified atom stereocenters. The van der Waals surface area contributed by atoms with E-state index in [0.29, 0.717) is 18.7 Å². The van der Waals surface area contributed by atoms with Gasteiger partial charge in [0, 0.05) is 12.1 Å². The summed E-state index contributed by atoms with van der Waals surface area (Å²) in [5.74, 6) is 0.965. The van der Waals surface area contributed by atoms with Gasteiger partial charge >= 0.3 is 0 Å². The Hall–Kier alpha value is -1.22. The highest BCUT2D eigenvalue weighted by Gasteiger charge is 2.19. The van der Waals surface area contributed by atoms with Crippen molar-refractivity contribution >= 4 is 5.69 Å². The Morgan fingerprint density at radius 1 is 1.28 bits per heavy atom. The van der Waals surface area contributed by atoms with Gasteiger partial charge in [-0.1, -0.05) is 6.07 Å². The zero-order valence-corrected chi connectivity index (χ0v) is 11.4. The molecule has 0 heterocycles. The first-order valence-corrected chi connectivity index (χ1v) is 6.94. The number of ether oxygens (including phenoxy) is 1. The van der Waals surface area contributed by atoms with E-state index < -0.39 is 0 Å². The van der Waals surface area contributed by atoms with E-state index in [-0.39, 0.29) is 0 Å². The zero-order valence-electron chi connectivity index (χ0n) is 11.4. The summed E-state index contributed by atoms with van der Waals surface area (Å²) in [6, 6.07) is 7.27.